The normalized spacial score (nSPS) is 27.5. The Hall–Kier alpha value is -0.461. The van der Waals surface area contributed by atoms with E-state index in [1.54, 1.807) is 17.8 Å². The molecule has 0 bridgehead atoms. The Morgan fingerprint density at radius 2 is 2.12 bits per heavy atom. The molecule has 2 rings (SSSR count). The summed E-state index contributed by atoms with van der Waals surface area (Å²) in [7, 11) is 1.74. The molecule has 1 aliphatic rings. The van der Waals surface area contributed by atoms with Gasteiger partial charge in [-0.3, -0.25) is 0 Å². The third kappa shape index (κ3) is 4.58. The summed E-state index contributed by atoms with van der Waals surface area (Å²) in [6, 6.07) is 0. The molecule has 135 valence electrons. The standard InChI is InChI=1S/C15H25N3O4PSe/c1-16-7-9-8-18(15(24)17-13(9)21)14-12(20)11(19)10(22-14)5-6-23(2,3)4/h8,10-12,14,16,19-20H,2,5-7H2,1,3-4H3/t10-,11-,12-,14?/m1/s1. The molecule has 2 heterocycles. The number of ether oxygens (including phenoxy) is 1. The first kappa shape index (κ1) is 19.9. The zero-order valence-electron chi connectivity index (χ0n) is 14.2. The first-order chi connectivity index (χ1) is 11.1. The fourth-order valence-corrected chi connectivity index (χ4v) is 4.12. The Morgan fingerprint density at radius 3 is 2.71 bits per heavy atom. The molecule has 1 aliphatic heterocycles. The molecule has 1 radical (unpaired) electrons. The van der Waals surface area contributed by atoms with E-state index in [0.717, 1.165) is 6.16 Å². The first-order valence-electron chi connectivity index (χ1n) is 7.76. The van der Waals surface area contributed by atoms with Crippen LogP contribution in [0.1, 0.15) is 18.2 Å². The Kier molecular flexibility index (Phi) is 6.48. The van der Waals surface area contributed by atoms with Crippen LogP contribution >= 0.6 is 6.89 Å². The summed E-state index contributed by atoms with van der Waals surface area (Å²) in [6.45, 7) is 3.37. The number of hydrogen-bond donors (Lipinski definition) is 3. The summed E-state index contributed by atoms with van der Waals surface area (Å²) >= 11 is 2.72. The molecule has 0 aliphatic carbocycles. The van der Waals surface area contributed by atoms with E-state index in [-0.39, 0.29) is 5.56 Å². The van der Waals surface area contributed by atoms with Crippen molar-refractivity contribution in [1.82, 2.24) is 14.9 Å². The van der Waals surface area contributed by atoms with Gasteiger partial charge in [-0.25, -0.2) is 0 Å². The van der Waals surface area contributed by atoms with E-state index >= 15 is 0 Å². The van der Waals surface area contributed by atoms with E-state index in [2.05, 4.69) is 45.9 Å². The number of hydrogen-bond acceptors (Lipinski definition) is 6. The van der Waals surface area contributed by atoms with Crippen molar-refractivity contribution in [3.63, 3.8) is 0 Å². The molecule has 0 spiro atoms. The van der Waals surface area contributed by atoms with Gasteiger partial charge in [-0.15, -0.1) is 0 Å². The van der Waals surface area contributed by atoms with Gasteiger partial charge in [0.15, 0.2) is 0 Å². The van der Waals surface area contributed by atoms with Crippen LogP contribution in [-0.2, 0) is 11.3 Å². The van der Waals surface area contributed by atoms with Crippen LogP contribution in [-0.4, -0.2) is 86.9 Å². The first-order valence-corrected chi connectivity index (χ1v) is 11.7. The van der Waals surface area contributed by atoms with Gasteiger partial charge in [0, 0.05) is 0 Å². The summed E-state index contributed by atoms with van der Waals surface area (Å²) in [5, 5.41) is 23.6. The Balaban J connectivity index is 2.24. The molecule has 9 heteroatoms. The van der Waals surface area contributed by atoms with Gasteiger partial charge in [-0.1, -0.05) is 0 Å². The molecule has 24 heavy (non-hydrogen) atoms. The Bertz CT molecular complexity index is 690. The van der Waals surface area contributed by atoms with Crippen molar-refractivity contribution in [3.8, 4) is 0 Å². The number of aromatic nitrogens is 2. The van der Waals surface area contributed by atoms with Gasteiger partial charge < -0.3 is 0 Å². The number of aliphatic hydroxyl groups excluding tert-OH is 2. The average Bonchev–Trinajstić information content (AvgIpc) is 2.75. The topological polar surface area (TPSA) is 96.6 Å². The molecular formula is C15H25N3O4PSe. The fourth-order valence-electron chi connectivity index (χ4n) is 2.66. The van der Waals surface area contributed by atoms with Crippen LogP contribution in [0.5, 0.6) is 0 Å². The van der Waals surface area contributed by atoms with E-state index in [1.807, 2.05) is 0 Å². The van der Waals surface area contributed by atoms with Crippen molar-refractivity contribution < 1.29 is 14.9 Å². The van der Waals surface area contributed by atoms with Crippen molar-refractivity contribution in [2.75, 3.05) is 26.5 Å². The van der Waals surface area contributed by atoms with Gasteiger partial charge >= 0.3 is 150 Å². The van der Waals surface area contributed by atoms with Gasteiger partial charge in [0.25, 0.3) is 0 Å². The summed E-state index contributed by atoms with van der Waals surface area (Å²) < 4.78 is 7.79. The second-order valence-corrected chi connectivity index (χ2v) is 11.9. The molecule has 3 N–H and O–H groups in total. The van der Waals surface area contributed by atoms with Crippen LogP contribution in [0.3, 0.4) is 0 Å². The van der Waals surface area contributed by atoms with Gasteiger partial charge in [0.05, 0.1) is 0 Å². The minimum atomic E-state index is -1.24. The summed E-state index contributed by atoms with van der Waals surface area (Å²) in [5.74, 6) is 0. The molecule has 1 aromatic rings. The molecule has 7 nitrogen and oxygen atoms in total. The number of rotatable bonds is 6. The van der Waals surface area contributed by atoms with Crippen molar-refractivity contribution >= 4 is 33.9 Å². The third-order valence-electron chi connectivity index (χ3n) is 3.99. The molecule has 1 fully saturated rings. The Labute approximate surface area is 150 Å². The predicted octanol–water partition coefficient (Wildman–Crippen LogP) is -1.52. The Morgan fingerprint density at radius 1 is 1.46 bits per heavy atom. The SMILES string of the molecule is C=P(C)(C)CC[C@H]1OC(n2cc(CNC)c(=O)nc2[Se])[C@H](O)[C@@H]1O. The molecule has 1 aromatic heterocycles. The fraction of sp³-hybridized carbons (Fsp3) is 0.667. The maximum absolute atomic E-state index is 11.9. The van der Waals surface area contributed by atoms with Crippen molar-refractivity contribution in [3.05, 3.63) is 22.1 Å². The van der Waals surface area contributed by atoms with Crippen LogP contribution in [0.2, 0.25) is 0 Å². The van der Waals surface area contributed by atoms with Crippen LogP contribution in [0.15, 0.2) is 11.0 Å². The van der Waals surface area contributed by atoms with E-state index in [4.69, 9.17) is 4.74 Å². The van der Waals surface area contributed by atoms with Crippen LogP contribution < -0.4 is 15.6 Å². The third-order valence-corrected chi connectivity index (χ3v) is 6.09. The predicted molar refractivity (Wildman–Crippen MR) is 97.9 cm³/mol. The molecule has 0 amide bonds. The summed E-state index contributed by atoms with van der Waals surface area (Å²) in [4.78, 5) is 15.8. The molecule has 1 unspecified atom stereocenters. The molecule has 4 atom stereocenters. The number of aliphatic hydroxyl groups is 2. The second kappa shape index (κ2) is 7.83. The van der Waals surface area contributed by atoms with E-state index in [9.17, 15) is 15.0 Å². The quantitative estimate of drug-likeness (QED) is 0.381. The van der Waals surface area contributed by atoms with Gasteiger partial charge in [-0.2, -0.15) is 0 Å². The van der Waals surface area contributed by atoms with Crippen LogP contribution in [0.4, 0.5) is 0 Å². The van der Waals surface area contributed by atoms with Crippen LogP contribution in [0, 0.1) is 0 Å². The minimum absolute atomic E-state index is 0.321. The zero-order valence-corrected chi connectivity index (χ0v) is 16.8. The summed E-state index contributed by atoms with van der Waals surface area (Å²) in [6.07, 6.45) is 3.97. The molecule has 0 saturated carbocycles. The van der Waals surface area contributed by atoms with Crippen molar-refractivity contribution in [2.24, 2.45) is 0 Å². The van der Waals surface area contributed by atoms with E-state index in [1.165, 1.54) is 0 Å². The maximum atomic E-state index is 11.9. The monoisotopic (exact) mass is 422 g/mol. The van der Waals surface area contributed by atoms with E-state index in [0.29, 0.717) is 23.3 Å². The van der Waals surface area contributed by atoms with Gasteiger partial charge in [0.1, 0.15) is 0 Å². The molecule has 0 aromatic carbocycles. The number of nitrogens with zero attached hydrogens (tertiary/aromatic N) is 2. The average molecular weight is 421 g/mol. The van der Waals surface area contributed by atoms with E-state index < -0.39 is 31.4 Å². The van der Waals surface area contributed by atoms with Crippen molar-refractivity contribution in [1.29, 1.82) is 0 Å². The second-order valence-electron chi connectivity index (χ2n) is 6.79. The summed E-state index contributed by atoms with van der Waals surface area (Å²) in [5.41, 5.74) is 0.137. The number of nitrogens with one attached hydrogen (secondary N) is 1. The van der Waals surface area contributed by atoms with Crippen molar-refractivity contribution in [2.45, 2.75) is 37.5 Å². The van der Waals surface area contributed by atoms with Gasteiger partial charge in [-0.05, 0) is 0 Å². The van der Waals surface area contributed by atoms with Gasteiger partial charge in [0.2, 0.25) is 0 Å². The zero-order chi connectivity index (χ0) is 18.1. The molecular weight excluding hydrogens is 396 g/mol. The van der Waals surface area contributed by atoms with Crippen LogP contribution in [0.25, 0.3) is 0 Å². The molecule has 1 saturated heterocycles.